The van der Waals surface area contributed by atoms with E-state index in [-0.39, 0.29) is 0 Å². The van der Waals surface area contributed by atoms with Gasteiger partial charge in [-0.1, -0.05) is 68.8 Å². The van der Waals surface area contributed by atoms with Crippen molar-refractivity contribution in [2.45, 2.75) is 65.7 Å². The van der Waals surface area contributed by atoms with Gasteiger partial charge in [-0.3, -0.25) is 0 Å². The third-order valence-corrected chi connectivity index (χ3v) is 3.65. The molecule has 0 aromatic heterocycles. The van der Waals surface area contributed by atoms with Crippen LogP contribution in [-0.4, -0.2) is 5.33 Å². The highest BCUT2D eigenvalue weighted by molar-refractivity contribution is 9.09. The molecular formula is C13H27Br. The van der Waals surface area contributed by atoms with Crippen molar-refractivity contribution in [3.05, 3.63) is 0 Å². The highest BCUT2D eigenvalue weighted by atomic mass is 79.9. The second-order valence-corrected chi connectivity index (χ2v) is 5.50. The van der Waals surface area contributed by atoms with Crippen LogP contribution in [0.3, 0.4) is 0 Å². The number of alkyl halides is 1. The van der Waals surface area contributed by atoms with Gasteiger partial charge in [-0.15, -0.1) is 0 Å². The fourth-order valence-corrected chi connectivity index (χ4v) is 2.55. The first kappa shape index (κ1) is 14.5. The van der Waals surface area contributed by atoms with Gasteiger partial charge in [0, 0.05) is 5.33 Å². The molecule has 1 unspecified atom stereocenters. The summed E-state index contributed by atoms with van der Waals surface area (Å²) in [7, 11) is 0. The van der Waals surface area contributed by atoms with Gasteiger partial charge < -0.3 is 0 Å². The van der Waals surface area contributed by atoms with Gasteiger partial charge in [-0.2, -0.15) is 0 Å². The Kier molecular flexibility index (Phi) is 10.4. The summed E-state index contributed by atoms with van der Waals surface area (Å²) in [6, 6.07) is 0. The topological polar surface area (TPSA) is 0 Å². The van der Waals surface area contributed by atoms with Crippen molar-refractivity contribution >= 4 is 15.9 Å². The van der Waals surface area contributed by atoms with Gasteiger partial charge in [0.05, 0.1) is 0 Å². The molecule has 0 radical (unpaired) electrons. The fraction of sp³-hybridized carbons (Fsp3) is 1.00. The van der Waals surface area contributed by atoms with Crippen LogP contribution in [0.4, 0.5) is 0 Å². The maximum Gasteiger partial charge on any atom is 0.00597 e. The van der Waals surface area contributed by atoms with Crippen molar-refractivity contribution in [3.8, 4) is 0 Å². The molecule has 0 aliphatic rings. The maximum absolute atomic E-state index is 3.63. The Hall–Kier alpha value is 0.480. The Balaban J connectivity index is 3.33. The van der Waals surface area contributed by atoms with Gasteiger partial charge in [0.25, 0.3) is 0 Å². The van der Waals surface area contributed by atoms with Crippen LogP contribution in [0.15, 0.2) is 0 Å². The van der Waals surface area contributed by atoms with Crippen LogP contribution >= 0.6 is 15.9 Å². The molecule has 1 atom stereocenters. The van der Waals surface area contributed by atoms with Crippen molar-refractivity contribution < 1.29 is 0 Å². The molecule has 86 valence electrons. The first-order chi connectivity index (χ1) is 6.70. The zero-order valence-electron chi connectivity index (χ0n) is 10.2. The zero-order chi connectivity index (χ0) is 10.8. The first-order valence-electron chi connectivity index (χ1n) is 6.26. The molecule has 0 heterocycles. The van der Waals surface area contributed by atoms with Crippen molar-refractivity contribution in [3.63, 3.8) is 0 Å². The van der Waals surface area contributed by atoms with Gasteiger partial charge in [0.15, 0.2) is 0 Å². The average Bonchev–Trinajstić information content (AvgIpc) is 2.15. The monoisotopic (exact) mass is 262 g/mol. The molecule has 0 N–H and O–H groups in total. The molecule has 0 amide bonds. The molecule has 0 saturated heterocycles. The quantitative estimate of drug-likeness (QED) is 0.385. The van der Waals surface area contributed by atoms with Crippen molar-refractivity contribution in [1.82, 2.24) is 0 Å². The van der Waals surface area contributed by atoms with Crippen LogP contribution in [-0.2, 0) is 0 Å². The number of hydrogen-bond acceptors (Lipinski definition) is 0. The smallest absolute Gasteiger partial charge is 0.00597 e. The van der Waals surface area contributed by atoms with E-state index in [2.05, 4.69) is 36.7 Å². The van der Waals surface area contributed by atoms with Crippen molar-refractivity contribution in [2.24, 2.45) is 11.8 Å². The summed E-state index contributed by atoms with van der Waals surface area (Å²) in [5.41, 5.74) is 0. The Labute approximate surface area is 99.0 Å². The van der Waals surface area contributed by atoms with Gasteiger partial charge in [0.1, 0.15) is 0 Å². The van der Waals surface area contributed by atoms with E-state index in [0.717, 1.165) is 11.8 Å². The predicted octanol–water partition coefficient (Wildman–Crippen LogP) is 5.40. The van der Waals surface area contributed by atoms with Crippen molar-refractivity contribution in [2.75, 3.05) is 5.33 Å². The molecule has 0 fully saturated rings. The minimum Gasteiger partial charge on any atom is -0.0925 e. The highest BCUT2D eigenvalue weighted by Crippen LogP contribution is 2.20. The number of unbranched alkanes of at least 4 members (excludes halogenated alkanes) is 4. The summed E-state index contributed by atoms with van der Waals surface area (Å²) in [6.45, 7) is 6.93. The molecule has 0 spiro atoms. The number of halogens is 1. The predicted molar refractivity (Wildman–Crippen MR) is 70.1 cm³/mol. The van der Waals surface area contributed by atoms with Gasteiger partial charge in [-0.25, -0.2) is 0 Å². The third kappa shape index (κ3) is 9.05. The minimum atomic E-state index is 0.855. The summed E-state index contributed by atoms with van der Waals surface area (Å²) >= 11 is 3.63. The van der Waals surface area contributed by atoms with Crippen LogP contribution in [0, 0.1) is 11.8 Å². The van der Waals surface area contributed by atoms with E-state index >= 15 is 0 Å². The molecule has 1 heteroatoms. The fourth-order valence-electron chi connectivity index (χ4n) is 1.96. The summed E-state index contributed by atoms with van der Waals surface area (Å²) in [4.78, 5) is 0. The molecule has 0 saturated carbocycles. The van der Waals surface area contributed by atoms with Crippen molar-refractivity contribution in [1.29, 1.82) is 0 Å². The van der Waals surface area contributed by atoms with E-state index in [0.29, 0.717) is 0 Å². The van der Waals surface area contributed by atoms with Gasteiger partial charge in [-0.05, 0) is 24.7 Å². The molecule has 0 nitrogen and oxygen atoms in total. The Morgan fingerprint density at radius 1 is 1.00 bits per heavy atom. The maximum atomic E-state index is 3.63. The second kappa shape index (κ2) is 10.0. The van der Waals surface area contributed by atoms with Crippen LogP contribution in [0.5, 0.6) is 0 Å². The zero-order valence-corrected chi connectivity index (χ0v) is 11.8. The Bertz CT molecular complexity index is 110. The van der Waals surface area contributed by atoms with E-state index in [9.17, 15) is 0 Å². The van der Waals surface area contributed by atoms with Crippen LogP contribution in [0.1, 0.15) is 65.7 Å². The van der Waals surface area contributed by atoms with E-state index in [1.807, 2.05) is 0 Å². The Morgan fingerprint density at radius 2 is 1.64 bits per heavy atom. The third-order valence-electron chi connectivity index (χ3n) is 2.74. The SMILES string of the molecule is CCCCCCCC(CBr)CC(C)C. The largest absolute Gasteiger partial charge is 0.0925 e. The van der Waals surface area contributed by atoms with E-state index in [1.54, 1.807) is 0 Å². The molecule has 0 bridgehead atoms. The standard InChI is InChI=1S/C13H27Br/c1-4-5-6-7-8-9-13(11-14)10-12(2)3/h12-13H,4-11H2,1-3H3. The molecule has 0 aliphatic heterocycles. The lowest BCUT2D eigenvalue weighted by molar-refractivity contribution is 0.405. The summed E-state index contributed by atoms with van der Waals surface area (Å²) in [6.07, 6.45) is 9.90. The molecule has 0 rings (SSSR count). The molecule has 0 aromatic rings. The second-order valence-electron chi connectivity index (χ2n) is 4.85. The first-order valence-corrected chi connectivity index (χ1v) is 7.38. The molecular weight excluding hydrogens is 236 g/mol. The average molecular weight is 263 g/mol. The van der Waals surface area contributed by atoms with Gasteiger partial charge in [0.2, 0.25) is 0 Å². The summed E-state index contributed by atoms with van der Waals surface area (Å²) < 4.78 is 0. The molecule has 0 aliphatic carbocycles. The van der Waals surface area contributed by atoms with Crippen LogP contribution in [0.2, 0.25) is 0 Å². The van der Waals surface area contributed by atoms with Crippen LogP contribution < -0.4 is 0 Å². The normalized spacial score (nSPS) is 13.5. The lowest BCUT2D eigenvalue weighted by atomic mass is 9.93. The van der Waals surface area contributed by atoms with Gasteiger partial charge >= 0.3 is 0 Å². The number of hydrogen-bond donors (Lipinski definition) is 0. The highest BCUT2D eigenvalue weighted by Gasteiger charge is 2.08. The summed E-state index contributed by atoms with van der Waals surface area (Å²) in [5, 5.41) is 1.19. The van der Waals surface area contributed by atoms with E-state index in [1.165, 1.54) is 50.3 Å². The Morgan fingerprint density at radius 3 is 2.14 bits per heavy atom. The molecule has 14 heavy (non-hydrogen) atoms. The van der Waals surface area contributed by atoms with Crippen LogP contribution in [0.25, 0.3) is 0 Å². The lowest BCUT2D eigenvalue weighted by Crippen LogP contribution is -2.06. The summed E-state index contributed by atoms with van der Waals surface area (Å²) in [5.74, 6) is 1.77. The number of rotatable bonds is 9. The van der Waals surface area contributed by atoms with E-state index < -0.39 is 0 Å². The van der Waals surface area contributed by atoms with E-state index in [4.69, 9.17) is 0 Å². The minimum absolute atomic E-state index is 0.855. The lowest BCUT2D eigenvalue weighted by Gasteiger charge is -2.15. The molecule has 0 aromatic carbocycles.